The summed E-state index contributed by atoms with van der Waals surface area (Å²) in [4.78, 5) is 47.0. The lowest BCUT2D eigenvalue weighted by Crippen LogP contribution is -2.34. The molecule has 0 bridgehead atoms. The molecule has 2 N–H and O–H groups in total. The smallest absolute Gasteiger partial charge is 0.262 e. The van der Waals surface area contributed by atoms with Gasteiger partial charge in [0.25, 0.3) is 11.5 Å². The number of hydrogen-bond acceptors (Lipinski definition) is 8. The molecule has 11 nitrogen and oxygen atoms in total. The number of aromatic nitrogens is 3. The first-order valence-corrected chi connectivity index (χ1v) is 11.0. The van der Waals surface area contributed by atoms with Crippen LogP contribution in [-0.2, 0) is 16.1 Å². The van der Waals surface area contributed by atoms with Gasteiger partial charge in [-0.3, -0.25) is 19.0 Å². The average molecular weight is 464 g/mol. The van der Waals surface area contributed by atoms with Crippen LogP contribution >= 0.6 is 0 Å². The molecule has 11 heteroatoms. The third kappa shape index (κ3) is 4.29. The molecule has 0 spiro atoms. The molecule has 1 saturated heterocycles. The molecule has 4 heterocycles. The molecule has 0 radical (unpaired) electrons. The maximum atomic E-state index is 12.6. The second-order valence-electron chi connectivity index (χ2n) is 8.17. The van der Waals surface area contributed by atoms with Crippen LogP contribution in [0.5, 0.6) is 11.6 Å². The molecular weight excluding hydrogens is 440 g/mol. The molecule has 2 aliphatic rings. The number of nitrogens with one attached hydrogen (secondary N) is 2. The van der Waals surface area contributed by atoms with Crippen LogP contribution in [0.4, 0.5) is 11.4 Å². The summed E-state index contributed by atoms with van der Waals surface area (Å²) in [6.45, 7) is 1.59. The number of nitrogens with zero attached hydrogens (tertiary/aromatic N) is 4. The quantitative estimate of drug-likeness (QED) is 0.494. The van der Waals surface area contributed by atoms with Crippen LogP contribution in [0.15, 0.2) is 41.3 Å². The van der Waals surface area contributed by atoms with Crippen molar-refractivity contribution in [2.45, 2.75) is 25.4 Å². The number of hydrogen-bond donors (Lipinski definition) is 2. The lowest BCUT2D eigenvalue weighted by Gasteiger charge is -2.22. The van der Waals surface area contributed by atoms with Crippen LogP contribution in [-0.4, -0.2) is 59.2 Å². The highest BCUT2D eigenvalue weighted by atomic mass is 16.5. The van der Waals surface area contributed by atoms with Gasteiger partial charge >= 0.3 is 0 Å². The summed E-state index contributed by atoms with van der Waals surface area (Å²) < 4.78 is 12.1. The van der Waals surface area contributed by atoms with Crippen molar-refractivity contribution >= 4 is 34.4 Å². The molecule has 176 valence electrons. The number of benzene rings is 1. The van der Waals surface area contributed by atoms with Gasteiger partial charge in [0, 0.05) is 37.3 Å². The van der Waals surface area contributed by atoms with E-state index in [1.165, 1.54) is 19.4 Å². The van der Waals surface area contributed by atoms with E-state index in [1.54, 1.807) is 27.7 Å². The van der Waals surface area contributed by atoms with Gasteiger partial charge in [-0.15, -0.1) is 0 Å². The van der Waals surface area contributed by atoms with E-state index in [0.29, 0.717) is 66.6 Å². The van der Waals surface area contributed by atoms with Gasteiger partial charge < -0.3 is 25.0 Å². The first kappa shape index (κ1) is 21.8. The van der Waals surface area contributed by atoms with Gasteiger partial charge in [0.1, 0.15) is 11.3 Å². The Morgan fingerprint density at radius 2 is 2.12 bits per heavy atom. The zero-order chi connectivity index (χ0) is 23.7. The van der Waals surface area contributed by atoms with E-state index in [9.17, 15) is 14.4 Å². The van der Waals surface area contributed by atoms with Crippen molar-refractivity contribution < 1.29 is 19.1 Å². The van der Waals surface area contributed by atoms with Crippen LogP contribution in [0.2, 0.25) is 0 Å². The highest BCUT2D eigenvalue weighted by molar-refractivity contribution is 5.99. The minimum Gasteiger partial charge on any atom is -0.482 e. The van der Waals surface area contributed by atoms with Crippen LogP contribution in [0.25, 0.3) is 11.2 Å². The lowest BCUT2D eigenvalue weighted by atomic mass is 10.2. The van der Waals surface area contributed by atoms with Crippen molar-refractivity contribution in [1.82, 2.24) is 19.9 Å². The molecule has 1 unspecified atom stereocenters. The molecule has 2 aliphatic heterocycles. The molecular formula is C23H24N6O5. The van der Waals surface area contributed by atoms with Crippen LogP contribution in [0.3, 0.4) is 0 Å². The Hall–Kier alpha value is -3.99. The van der Waals surface area contributed by atoms with Crippen LogP contribution < -0.4 is 30.6 Å². The number of methoxy groups -OCH3 is 1. The number of aryl methyl sites for hydroxylation is 1. The minimum absolute atomic E-state index is 0.00754. The normalized spacial score (nSPS) is 17.4. The average Bonchev–Trinajstić information content (AvgIpc) is 3.22. The van der Waals surface area contributed by atoms with E-state index in [1.807, 2.05) is 6.07 Å². The molecule has 5 rings (SSSR count). The molecule has 2 aromatic heterocycles. The summed E-state index contributed by atoms with van der Waals surface area (Å²) in [5.74, 6) is 0.735. The van der Waals surface area contributed by atoms with Crippen molar-refractivity contribution in [3.05, 3.63) is 46.9 Å². The zero-order valence-corrected chi connectivity index (χ0v) is 18.6. The van der Waals surface area contributed by atoms with Gasteiger partial charge in [0.2, 0.25) is 11.8 Å². The Bertz CT molecular complexity index is 1320. The second-order valence-corrected chi connectivity index (χ2v) is 8.17. The number of rotatable bonds is 7. The molecule has 0 saturated carbocycles. The van der Waals surface area contributed by atoms with E-state index in [0.717, 1.165) is 0 Å². The van der Waals surface area contributed by atoms with E-state index in [-0.39, 0.29) is 30.0 Å². The predicted octanol–water partition coefficient (Wildman–Crippen LogP) is 0.916. The molecule has 2 amide bonds. The van der Waals surface area contributed by atoms with Crippen molar-refractivity contribution in [3.8, 4) is 11.6 Å². The number of carbonyl (C=O) groups is 2. The second kappa shape index (κ2) is 9.10. The van der Waals surface area contributed by atoms with Crippen LogP contribution in [0.1, 0.15) is 12.8 Å². The highest BCUT2D eigenvalue weighted by Crippen LogP contribution is 2.33. The molecule has 0 aliphatic carbocycles. The van der Waals surface area contributed by atoms with Gasteiger partial charge in [-0.25, -0.2) is 4.98 Å². The number of carbonyl (C=O) groups excluding carboxylic acids is 2. The Morgan fingerprint density at radius 3 is 2.97 bits per heavy atom. The summed E-state index contributed by atoms with van der Waals surface area (Å²) in [5.41, 5.74) is 2.24. The fourth-order valence-electron chi connectivity index (χ4n) is 4.22. The first-order valence-electron chi connectivity index (χ1n) is 11.0. The maximum absolute atomic E-state index is 12.6. The standard InChI is InChI=1S/C23H24N6O5/c1-33-20-11-25-16-4-6-21(31)28(23(16)27-20)8-2-7-24-14-9-22(32)29(12-14)15-3-5-18-17(10-15)26-19(30)13-34-18/h3-6,10-11,14,24H,2,7-9,12-13H2,1H3,(H,26,30). The topological polar surface area (TPSA) is 128 Å². The fraction of sp³-hybridized carbons (Fsp3) is 0.348. The largest absolute Gasteiger partial charge is 0.482 e. The Balaban J connectivity index is 1.20. The molecule has 1 atom stereocenters. The van der Waals surface area contributed by atoms with Crippen molar-refractivity contribution in [3.63, 3.8) is 0 Å². The molecule has 1 fully saturated rings. The number of pyridine rings is 1. The minimum atomic E-state index is -0.216. The lowest BCUT2D eigenvalue weighted by molar-refractivity contribution is -0.118. The van der Waals surface area contributed by atoms with Gasteiger partial charge in [-0.05, 0) is 37.2 Å². The first-order chi connectivity index (χ1) is 16.5. The van der Waals surface area contributed by atoms with Crippen LogP contribution in [0, 0.1) is 0 Å². The molecule has 3 aromatic rings. The number of fused-ring (bicyclic) bond motifs is 2. The summed E-state index contributed by atoms with van der Waals surface area (Å²) in [5, 5.41) is 6.18. The number of anilines is 2. The monoisotopic (exact) mass is 464 g/mol. The van der Waals surface area contributed by atoms with Crippen molar-refractivity contribution in [2.24, 2.45) is 0 Å². The Kier molecular flexibility index (Phi) is 5.84. The van der Waals surface area contributed by atoms with Crippen molar-refractivity contribution in [2.75, 3.05) is 37.0 Å². The summed E-state index contributed by atoms with van der Waals surface area (Å²) in [6, 6.07) is 8.45. The summed E-state index contributed by atoms with van der Waals surface area (Å²) in [6.07, 6.45) is 2.56. The fourth-order valence-corrected chi connectivity index (χ4v) is 4.22. The molecule has 1 aromatic carbocycles. The Labute approximate surface area is 194 Å². The van der Waals surface area contributed by atoms with Crippen molar-refractivity contribution in [1.29, 1.82) is 0 Å². The van der Waals surface area contributed by atoms with Gasteiger partial charge in [-0.2, -0.15) is 4.98 Å². The van der Waals surface area contributed by atoms with E-state index in [2.05, 4.69) is 20.6 Å². The SMILES string of the molecule is COc1cnc2ccc(=O)n(CCCNC3CC(=O)N(c4ccc5c(c4)NC(=O)CO5)C3)c2n1. The third-order valence-corrected chi connectivity index (χ3v) is 5.90. The summed E-state index contributed by atoms with van der Waals surface area (Å²) in [7, 11) is 1.51. The van der Waals surface area contributed by atoms with Gasteiger partial charge in [0.15, 0.2) is 12.3 Å². The Morgan fingerprint density at radius 1 is 1.24 bits per heavy atom. The highest BCUT2D eigenvalue weighted by Gasteiger charge is 2.31. The number of amides is 2. The van der Waals surface area contributed by atoms with E-state index in [4.69, 9.17) is 9.47 Å². The zero-order valence-electron chi connectivity index (χ0n) is 18.6. The third-order valence-electron chi connectivity index (χ3n) is 5.90. The van der Waals surface area contributed by atoms with Gasteiger partial charge in [-0.1, -0.05) is 0 Å². The predicted molar refractivity (Wildman–Crippen MR) is 124 cm³/mol. The maximum Gasteiger partial charge on any atom is 0.262 e. The van der Waals surface area contributed by atoms with E-state index < -0.39 is 0 Å². The number of ether oxygens (including phenoxy) is 2. The molecule has 34 heavy (non-hydrogen) atoms. The van der Waals surface area contributed by atoms with E-state index >= 15 is 0 Å². The summed E-state index contributed by atoms with van der Waals surface area (Å²) >= 11 is 0. The van der Waals surface area contributed by atoms with Gasteiger partial charge in [0.05, 0.1) is 19.0 Å².